The average molecular weight is 374 g/mol. The van der Waals surface area contributed by atoms with Crippen molar-refractivity contribution in [2.75, 3.05) is 5.32 Å². The molecule has 3 rings (SSSR count). The zero-order valence-corrected chi connectivity index (χ0v) is 13.8. The van der Waals surface area contributed by atoms with Crippen LogP contribution in [0.2, 0.25) is 0 Å². The number of para-hydroxylation sites is 1. The lowest BCUT2D eigenvalue weighted by Gasteiger charge is -2.11. The van der Waals surface area contributed by atoms with Gasteiger partial charge in [0.25, 0.3) is 5.91 Å². The van der Waals surface area contributed by atoms with Crippen LogP contribution in [0.5, 0.6) is 0 Å². The Bertz CT molecular complexity index is 966. The van der Waals surface area contributed by atoms with Gasteiger partial charge < -0.3 is 9.84 Å². The summed E-state index contributed by atoms with van der Waals surface area (Å²) in [6.07, 6.45) is -3.42. The summed E-state index contributed by atoms with van der Waals surface area (Å²) in [7, 11) is 0. The summed E-state index contributed by atoms with van der Waals surface area (Å²) >= 11 is 0. The van der Waals surface area contributed by atoms with Crippen molar-refractivity contribution in [1.29, 1.82) is 0 Å². The number of ketones is 1. The first-order valence-corrected chi connectivity index (χ1v) is 7.85. The minimum Gasteiger partial charge on any atom is -0.351 e. The molecule has 5 nitrogen and oxygen atoms in total. The Morgan fingerprint density at radius 3 is 2.52 bits per heavy atom. The van der Waals surface area contributed by atoms with E-state index in [9.17, 15) is 22.8 Å². The number of anilines is 1. The normalized spacial score (nSPS) is 11.2. The second-order valence-corrected chi connectivity index (χ2v) is 5.67. The fourth-order valence-corrected chi connectivity index (χ4v) is 2.49. The van der Waals surface area contributed by atoms with Crippen LogP contribution in [0.3, 0.4) is 0 Å². The van der Waals surface area contributed by atoms with Crippen molar-refractivity contribution < 1.29 is 27.3 Å². The molecule has 3 aromatic rings. The third-order valence-electron chi connectivity index (χ3n) is 3.76. The number of alkyl halides is 3. The summed E-state index contributed by atoms with van der Waals surface area (Å²) in [6, 6.07) is 12.2. The van der Waals surface area contributed by atoms with Crippen molar-refractivity contribution in [3.63, 3.8) is 0 Å². The molecule has 0 aliphatic heterocycles. The molecule has 27 heavy (non-hydrogen) atoms. The highest BCUT2D eigenvalue weighted by Crippen LogP contribution is 2.30. The van der Waals surface area contributed by atoms with E-state index in [4.69, 9.17) is 4.52 Å². The van der Waals surface area contributed by atoms with Gasteiger partial charge in [-0.15, -0.1) is 0 Å². The van der Waals surface area contributed by atoms with E-state index in [1.54, 1.807) is 12.1 Å². The molecule has 1 heterocycles. The van der Waals surface area contributed by atoms with E-state index in [2.05, 4.69) is 10.5 Å². The van der Waals surface area contributed by atoms with Gasteiger partial charge >= 0.3 is 6.18 Å². The van der Waals surface area contributed by atoms with Crippen molar-refractivity contribution in [2.45, 2.75) is 12.6 Å². The maximum atomic E-state index is 12.8. The summed E-state index contributed by atoms with van der Waals surface area (Å²) in [5, 5.41) is 5.97. The molecule has 8 heteroatoms. The average Bonchev–Trinajstić information content (AvgIpc) is 3.16. The van der Waals surface area contributed by atoms with Crippen molar-refractivity contribution in [2.24, 2.45) is 0 Å². The van der Waals surface area contributed by atoms with Crippen molar-refractivity contribution >= 4 is 17.4 Å². The number of hydrogen-bond donors (Lipinski definition) is 1. The largest absolute Gasteiger partial charge is 0.416 e. The molecule has 0 spiro atoms. The van der Waals surface area contributed by atoms with E-state index < -0.39 is 23.4 Å². The third-order valence-corrected chi connectivity index (χ3v) is 3.76. The lowest BCUT2D eigenvalue weighted by molar-refractivity contribution is -0.137. The Kier molecular flexibility index (Phi) is 5.07. The number of aromatic nitrogens is 1. The zero-order chi connectivity index (χ0) is 19.4. The number of amides is 1. The van der Waals surface area contributed by atoms with Gasteiger partial charge in [0.15, 0.2) is 5.78 Å². The molecule has 0 bridgehead atoms. The van der Waals surface area contributed by atoms with Crippen LogP contribution < -0.4 is 5.32 Å². The quantitative estimate of drug-likeness (QED) is 0.673. The van der Waals surface area contributed by atoms with E-state index >= 15 is 0 Å². The molecular formula is C19H13F3N2O3. The lowest BCUT2D eigenvalue weighted by Crippen LogP contribution is -2.15. The van der Waals surface area contributed by atoms with Crippen molar-refractivity contribution in [1.82, 2.24) is 5.16 Å². The molecule has 0 aliphatic rings. The lowest BCUT2D eigenvalue weighted by atomic mass is 10.00. The van der Waals surface area contributed by atoms with Gasteiger partial charge in [-0.2, -0.15) is 13.2 Å². The van der Waals surface area contributed by atoms with Gasteiger partial charge in [-0.25, -0.2) is 0 Å². The first kappa shape index (κ1) is 18.4. The summed E-state index contributed by atoms with van der Waals surface area (Å²) in [4.78, 5) is 24.7. The summed E-state index contributed by atoms with van der Waals surface area (Å²) in [5.41, 5.74) is -0.176. The fourth-order valence-electron chi connectivity index (χ4n) is 2.49. The van der Waals surface area contributed by atoms with Crippen LogP contribution in [0.15, 0.2) is 65.3 Å². The molecule has 2 aromatic carbocycles. The summed E-state index contributed by atoms with van der Waals surface area (Å²) < 4.78 is 43.2. The number of benzene rings is 2. The Morgan fingerprint density at radius 1 is 1.04 bits per heavy atom. The second kappa shape index (κ2) is 7.45. The third kappa shape index (κ3) is 4.41. The van der Waals surface area contributed by atoms with Crippen LogP contribution in [0.25, 0.3) is 0 Å². The highest BCUT2D eigenvalue weighted by atomic mass is 19.4. The fraction of sp³-hybridized carbons (Fsp3) is 0.105. The minimum atomic E-state index is -4.48. The molecule has 0 saturated heterocycles. The van der Waals surface area contributed by atoms with E-state index in [0.29, 0.717) is 0 Å². The van der Waals surface area contributed by atoms with E-state index in [-0.39, 0.29) is 29.0 Å². The Balaban J connectivity index is 1.81. The number of halogens is 3. The van der Waals surface area contributed by atoms with Gasteiger partial charge in [-0.3, -0.25) is 9.59 Å². The van der Waals surface area contributed by atoms with Gasteiger partial charge in [-0.05, 0) is 23.8 Å². The molecule has 1 amide bonds. The smallest absolute Gasteiger partial charge is 0.351 e. The number of hydrogen-bond acceptors (Lipinski definition) is 4. The monoisotopic (exact) mass is 374 g/mol. The number of rotatable bonds is 5. The second-order valence-electron chi connectivity index (χ2n) is 5.67. The number of carbonyl (C=O) groups is 2. The molecule has 0 aliphatic carbocycles. The predicted molar refractivity (Wildman–Crippen MR) is 90.4 cm³/mol. The van der Waals surface area contributed by atoms with E-state index in [0.717, 1.165) is 12.1 Å². The number of nitrogens with zero attached hydrogens (tertiary/aromatic N) is 1. The number of carbonyl (C=O) groups excluding carboxylic acids is 2. The van der Waals surface area contributed by atoms with Crippen molar-refractivity contribution in [3.8, 4) is 0 Å². The van der Waals surface area contributed by atoms with Gasteiger partial charge in [0.1, 0.15) is 0 Å². The van der Waals surface area contributed by atoms with Crippen LogP contribution in [-0.2, 0) is 12.6 Å². The molecule has 0 radical (unpaired) electrons. The van der Waals surface area contributed by atoms with E-state index in [1.807, 2.05) is 0 Å². The minimum absolute atomic E-state index is 0.0323. The molecule has 1 aromatic heterocycles. The summed E-state index contributed by atoms with van der Waals surface area (Å²) in [6.45, 7) is 0. The molecule has 0 atom stereocenters. The molecular weight excluding hydrogens is 361 g/mol. The molecule has 138 valence electrons. The topological polar surface area (TPSA) is 72.2 Å². The van der Waals surface area contributed by atoms with Crippen LogP contribution >= 0.6 is 0 Å². The maximum Gasteiger partial charge on any atom is 0.416 e. The number of Topliss-reactive ketones (excluding diaryl/α,β-unsaturated/α-hetero) is 1. The van der Waals surface area contributed by atoms with Crippen LogP contribution in [-0.4, -0.2) is 16.8 Å². The Morgan fingerprint density at radius 2 is 1.81 bits per heavy atom. The van der Waals surface area contributed by atoms with Crippen LogP contribution in [0.1, 0.15) is 32.0 Å². The summed E-state index contributed by atoms with van der Waals surface area (Å²) in [5.74, 6) is -1.05. The Labute approximate surface area is 151 Å². The standard InChI is InChI=1S/C19H13F3N2O3/c20-19(21,22)13-5-3-4-12(10-13)11-16(25)14-6-1-2-7-15(14)24-18(26)17-8-9-23-27-17/h1-10H,11H2,(H,24,26). The van der Waals surface area contributed by atoms with Crippen LogP contribution in [0, 0.1) is 0 Å². The zero-order valence-electron chi connectivity index (χ0n) is 13.8. The highest BCUT2D eigenvalue weighted by molar-refractivity contribution is 6.08. The first-order chi connectivity index (χ1) is 12.8. The Hall–Kier alpha value is -3.42. The first-order valence-electron chi connectivity index (χ1n) is 7.85. The molecule has 0 unspecified atom stereocenters. The number of nitrogens with one attached hydrogen (secondary N) is 1. The SMILES string of the molecule is O=C(Nc1ccccc1C(=O)Cc1cccc(C(F)(F)F)c1)c1ccno1. The van der Waals surface area contributed by atoms with E-state index in [1.165, 1.54) is 36.5 Å². The highest BCUT2D eigenvalue weighted by Gasteiger charge is 2.30. The van der Waals surface area contributed by atoms with Crippen molar-refractivity contribution in [3.05, 3.63) is 83.2 Å². The maximum absolute atomic E-state index is 12.8. The molecule has 0 saturated carbocycles. The van der Waals surface area contributed by atoms with Gasteiger partial charge in [-0.1, -0.05) is 35.5 Å². The van der Waals surface area contributed by atoms with Gasteiger partial charge in [0, 0.05) is 18.1 Å². The molecule has 0 fully saturated rings. The molecule has 1 N–H and O–H groups in total. The predicted octanol–water partition coefficient (Wildman–Crippen LogP) is 4.37. The van der Waals surface area contributed by atoms with Crippen LogP contribution in [0.4, 0.5) is 18.9 Å². The van der Waals surface area contributed by atoms with Gasteiger partial charge in [0.05, 0.1) is 17.4 Å². The van der Waals surface area contributed by atoms with Gasteiger partial charge in [0.2, 0.25) is 5.76 Å².